The lowest BCUT2D eigenvalue weighted by Gasteiger charge is -2.16. The first-order chi connectivity index (χ1) is 8.32. The van der Waals surface area contributed by atoms with Crippen LogP contribution in [-0.4, -0.2) is 11.2 Å². The summed E-state index contributed by atoms with van der Waals surface area (Å²) >= 11 is 5.01. The Morgan fingerprint density at radius 2 is 2.06 bits per heavy atom. The third-order valence-corrected chi connectivity index (χ3v) is 2.66. The van der Waals surface area contributed by atoms with E-state index < -0.39 is 11.7 Å². The van der Waals surface area contributed by atoms with Gasteiger partial charge in [0.2, 0.25) is 0 Å². The van der Waals surface area contributed by atoms with Crippen LogP contribution < -0.4 is 10.6 Å². The molecule has 0 saturated heterocycles. The molecule has 1 aromatic rings. The number of hydrogen-bond donors (Lipinski definition) is 2. The Labute approximate surface area is 110 Å². The van der Waals surface area contributed by atoms with Gasteiger partial charge in [-0.1, -0.05) is 13.0 Å². The van der Waals surface area contributed by atoms with E-state index in [4.69, 9.17) is 12.2 Å². The zero-order chi connectivity index (χ0) is 13.8. The average molecular weight is 276 g/mol. The molecular weight excluding hydrogens is 261 g/mol. The van der Waals surface area contributed by atoms with Crippen LogP contribution in [0.1, 0.15) is 25.8 Å². The fourth-order valence-electron chi connectivity index (χ4n) is 1.27. The van der Waals surface area contributed by atoms with Gasteiger partial charge in [0.25, 0.3) is 0 Å². The molecule has 0 bridgehead atoms. The van der Waals surface area contributed by atoms with Gasteiger partial charge < -0.3 is 10.6 Å². The molecular formula is C12H15F3N2S. The van der Waals surface area contributed by atoms with Crippen molar-refractivity contribution >= 4 is 23.0 Å². The first kappa shape index (κ1) is 14.8. The zero-order valence-corrected chi connectivity index (χ0v) is 11.0. The lowest BCUT2D eigenvalue weighted by Crippen LogP contribution is -2.35. The van der Waals surface area contributed by atoms with Crippen LogP contribution in [0.5, 0.6) is 0 Å². The molecule has 6 heteroatoms. The van der Waals surface area contributed by atoms with Crippen LogP contribution in [-0.2, 0) is 6.18 Å². The third kappa shape index (κ3) is 4.52. The van der Waals surface area contributed by atoms with Gasteiger partial charge in [-0.3, -0.25) is 0 Å². The van der Waals surface area contributed by atoms with Crippen LogP contribution in [0.4, 0.5) is 18.9 Å². The average Bonchev–Trinajstić information content (AvgIpc) is 2.27. The second-order valence-corrected chi connectivity index (χ2v) is 4.39. The zero-order valence-electron chi connectivity index (χ0n) is 10.1. The van der Waals surface area contributed by atoms with Gasteiger partial charge in [0.05, 0.1) is 5.56 Å². The van der Waals surface area contributed by atoms with Crippen molar-refractivity contribution in [1.82, 2.24) is 5.32 Å². The summed E-state index contributed by atoms with van der Waals surface area (Å²) in [4.78, 5) is 0. The van der Waals surface area contributed by atoms with E-state index in [1.807, 2.05) is 13.8 Å². The van der Waals surface area contributed by atoms with E-state index in [2.05, 4.69) is 10.6 Å². The summed E-state index contributed by atoms with van der Waals surface area (Å²) < 4.78 is 37.5. The lowest BCUT2D eigenvalue weighted by atomic mass is 10.2. The van der Waals surface area contributed by atoms with Crippen LogP contribution in [0.25, 0.3) is 0 Å². The Bertz CT molecular complexity index is 418. The number of rotatable bonds is 3. The summed E-state index contributed by atoms with van der Waals surface area (Å²) in [7, 11) is 0. The number of benzene rings is 1. The summed E-state index contributed by atoms with van der Waals surface area (Å²) in [6, 6.07) is 5.12. The van der Waals surface area contributed by atoms with Gasteiger partial charge >= 0.3 is 6.18 Å². The smallest absolute Gasteiger partial charge is 0.360 e. The molecule has 0 amide bonds. The van der Waals surface area contributed by atoms with Gasteiger partial charge in [0.15, 0.2) is 5.11 Å². The van der Waals surface area contributed by atoms with E-state index in [9.17, 15) is 13.2 Å². The van der Waals surface area contributed by atoms with Crippen molar-refractivity contribution < 1.29 is 13.2 Å². The van der Waals surface area contributed by atoms with E-state index in [1.54, 1.807) is 6.07 Å². The van der Waals surface area contributed by atoms with Gasteiger partial charge in [0.1, 0.15) is 0 Å². The van der Waals surface area contributed by atoms with Crippen molar-refractivity contribution in [2.75, 3.05) is 5.32 Å². The molecule has 100 valence electrons. The monoisotopic (exact) mass is 276 g/mol. The maximum Gasteiger partial charge on any atom is 0.416 e. The molecule has 0 spiro atoms. The highest BCUT2D eigenvalue weighted by Crippen LogP contribution is 2.30. The molecule has 1 atom stereocenters. The molecule has 0 saturated carbocycles. The Hall–Kier alpha value is -1.30. The molecule has 0 aliphatic rings. The lowest BCUT2D eigenvalue weighted by molar-refractivity contribution is -0.137. The quantitative estimate of drug-likeness (QED) is 0.821. The van der Waals surface area contributed by atoms with E-state index >= 15 is 0 Å². The van der Waals surface area contributed by atoms with Gasteiger partial charge in [-0.15, -0.1) is 0 Å². The van der Waals surface area contributed by atoms with Gasteiger partial charge in [-0.2, -0.15) is 13.2 Å². The van der Waals surface area contributed by atoms with Crippen molar-refractivity contribution in [3.63, 3.8) is 0 Å². The fourth-order valence-corrected chi connectivity index (χ4v) is 1.59. The molecule has 2 N–H and O–H groups in total. The highest BCUT2D eigenvalue weighted by molar-refractivity contribution is 7.80. The first-order valence-corrected chi connectivity index (χ1v) is 5.98. The summed E-state index contributed by atoms with van der Waals surface area (Å²) in [6.45, 7) is 3.94. The number of hydrogen-bond acceptors (Lipinski definition) is 1. The summed E-state index contributed by atoms with van der Waals surface area (Å²) in [6.07, 6.45) is -3.46. The van der Waals surface area contributed by atoms with Crippen molar-refractivity contribution in [2.45, 2.75) is 32.5 Å². The summed E-state index contributed by atoms with van der Waals surface area (Å²) in [5, 5.41) is 6.04. The Balaban J connectivity index is 2.71. The number of alkyl halides is 3. The molecule has 0 heterocycles. The Morgan fingerprint density at radius 1 is 1.39 bits per heavy atom. The summed E-state index contributed by atoms with van der Waals surface area (Å²) in [5.74, 6) is 0. The van der Waals surface area contributed by atoms with E-state index in [1.165, 1.54) is 6.07 Å². The molecule has 0 aliphatic carbocycles. The molecule has 0 aromatic heterocycles. The number of halogens is 3. The minimum Gasteiger partial charge on any atom is -0.360 e. The molecule has 1 rings (SSSR count). The van der Waals surface area contributed by atoms with Crippen LogP contribution >= 0.6 is 12.2 Å². The molecule has 0 aliphatic heterocycles. The fraction of sp³-hybridized carbons (Fsp3) is 0.417. The van der Waals surface area contributed by atoms with Crippen LogP contribution in [0.2, 0.25) is 0 Å². The Morgan fingerprint density at radius 3 is 2.61 bits per heavy atom. The molecule has 18 heavy (non-hydrogen) atoms. The molecule has 2 nitrogen and oxygen atoms in total. The van der Waals surface area contributed by atoms with Crippen LogP contribution in [0.3, 0.4) is 0 Å². The maximum atomic E-state index is 12.5. The SMILES string of the molecule is CC[C@H](C)NC(=S)Nc1cccc(C(F)(F)F)c1. The van der Waals surface area contributed by atoms with E-state index in [-0.39, 0.29) is 6.04 Å². The predicted molar refractivity (Wildman–Crippen MR) is 70.6 cm³/mol. The molecule has 0 unspecified atom stereocenters. The van der Waals surface area contributed by atoms with Crippen molar-refractivity contribution in [3.05, 3.63) is 29.8 Å². The van der Waals surface area contributed by atoms with Crippen molar-refractivity contribution in [2.24, 2.45) is 0 Å². The normalized spacial score (nSPS) is 12.9. The van der Waals surface area contributed by atoms with Crippen molar-refractivity contribution in [1.29, 1.82) is 0 Å². The van der Waals surface area contributed by atoms with Crippen LogP contribution in [0.15, 0.2) is 24.3 Å². The van der Waals surface area contributed by atoms with Crippen LogP contribution in [0, 0.1) is 0 Å². The highest BCUT2D eigenvalue weighted by Gasteiger charge is 2.30. The second-order valence-electron chi connectivity index (χ2n) is 3.99. The second kappa shape index (κ2) is 6.04. The minimum atomic E-state index is -4.34. The maximum absolute atomic E-state index is 12.5. The highest BCUT2D eigenvalue weighted by atomic mass is 32.1. The van der Waals surface area contributed by atoms with Gasteiger partial charge in [-0.25, -0.2) is 0 Å². The van der Waals surface area contributed by atoms with Gasteiger partial charge in [-0.05, 0) is 43.8 Å². The molecule has 0 radical (unpaired) electrons. The summed E-state index contributed by atoms with van der Waals surface area (Å²) in [5.41, 5.74) is -0.371. The number of nitrogens with one attached hydrogen (secondary N) is 2. The van der Waals surface area contributed by atoms with E-state index in [0.29, 0.717) is 10.8 Å². The largest absolute Gasteiger partial charge is 0.416 e. The topological polar surface area (TPSA) is 24.1 Å². The van der Waals surface area contributed by atoms with Crippen molar-refractivity contribution in [3.8, 4) is 0 Å². The minimum absolute atomic E-state index is 0.177. The first-order valence-electron chi connectivity index (χ1n) is 5.57. The number of thiocarbonyl (C=S) groups is 1. The number of anilines is 1. The standard InChI is InChI=1S/C12H15F3N2S/c1-3-8(2)16-11(18)17-10-6-4-5-9(7-10)12(13,14)15/h4-8H,3H2,1-2H3,(H2,16,17,18)/t8-/m0/s1. The van der Waals surface area contributed by atoms with Gasteiger partial charge in [0, 0.05) is 11.7 Å². The predicted octanol–water partition coefficient (Wildman–Crippen LogP) is 3.79. The Kier molecular flexibility index (Phi) is 4.95. The van der Waals surface area contributed by atoms with E-state index in [0.717, 1.165) is 18.6 Å². The molecule has 1 aromatic carbocycles. The third-order valence-electron chi connectivity index (χ3n) is 2.44. The molecule has 0 fully saturated rings.